The summed E-state index contributed by atoms with van der Waals surface area (Å²) < 4.78 is 13.7. The molecule has 1 saturated carbocycles. The minimum Gasteiger partial charge on any atom is -0.395 e. The Morgan fingerprint density at radius 1 is 1.41 bits per heavy atom. The fourth-order valence-corrected chi connectivity index (χ4v) is 2.38. The molecule has 1 aromatic carbocycles. The molecule has 0 atom stereocenters. The molecule has 94 valence electrons. The van der Waals surface area contributed by atoms with Gasteiger partial charge in [0.25, 0.3) is 0 Å². The lowest BCUT2D eigenvalue weighted by molar-refractivity contribution is 0.0935. The summed E-state index contributed by atoms with van der Waals surface area (Å²) in [5, 5.41) is 9.52. The molecule has 1 aromatic rings. The van der Waals surface area contributed by atoms with Gasteiger partial charge in [-0.1, -0.05) is 24.1 Å². The zero-order valence-corrected chi connectivity index (χ0v) is 10.5. The van der Waals surface area contributed by atoms with Gasteiger partial charge in [0.15, 0.2) is 0 Å². The number of halogens is 2. The lowest BCUT2D eigenvalue weighted by Crippen LogP contribution is -2.41. The first kappa shape index (κ1) is 12.8. The third kappa shape index (κ3) is 2.97. The number of rotatable bonds is 5. The maximum absolute atomic E-state index is 13.7. The summed E-state index contributed by atoms with van der Waals surface area (Å²) in [4.78, 5) is 2.12. The molecular weight excluding hydrogens is 241 g/mol. The highest BCUT2D eigenvalue weighted by atomic mass is 35.5. The van der Waals surface area contributed by atoms with Crippen LogP contribution in [0.1, 0.15) is 24.8 Å². The van der Waals surface area contributed by atoms with E-state index >= 15 is 0 Å². The SMILES string of the molecule is OCCN(Cc1c(F)cccc1Cl)C1CCC1. The summed E-state index contributed by atoms with van der Waals surface area (Å²) in [5.74, 6) is -0.264. The Labute approximate surface area is 106 Å². The van der Waals surface area contributed by atoms with E-state index in [9.17, 15) is 4.39 Å². The van der Waals surface area contributed by atoms with E-state index in [1.165, 1.54) is 12.5 Å². The Hall–Kier alpha value is -0.640. The normalized spacial score (nSPS) is 16.2. The number of aliphatic hydroxyl groups excluding tert-OH is 1. The molecule has 0 aliphatic heterocycles. The molecule has 4 heteroatoms. The summed E-state index contributed by atoms with van der Waals surface area (Å²) >= 11 is 6.01. The minimum absolute atomic E-state index is 0.0998. The van der Waals surface area contributed by atoms with Crippen molar-refractivity contribution >= 4 is 11.6 Å². The van der Waals surface area contributed by atoms with Crippen molar-refractivity contribution in [3.05, 3.63) is 34.6 Å². The number of aliphatic hydroxyl groups is 1. The van der Waals surface area contributed by atoms with Crippen molar-refractivity contribution in [2.75, 3.05) is 13.2 Å². The van der Waals surface area contributed by atoms with Gasteiger partial charge in [-0.3, -0.25) is 4.90 Å². The summed E-state index contributed by atoms with van der Waals surface area (Å²) in [5.41, 5.74) is 0.537. The van der Waals surface area contributed by atoms with Gasteiger partial charge in [0.2, 0.25) is 0 Å². The third-order valence-corrected chi connectivity index (χ3v) is 3.76. The molecule has 1 aliphatic carbocycles. The Kier molecular flexibility index (Phi) is 4.37. The number of hydrogen-bond acceptors (Lipinski definition) is 2. The van der Waals surface area contributed by atoms with Crippen LogP contribution in [0.5, 0.6) is 0 Å². The van der Waals surface area contributed by atoms with Crippen molar-refractivity contribution in [3.63, 3.8) is 0 Å². The van der Waals surface area contributed by atoms with Gasteiger partial charge < -0.3 is 5.11 Å². The first-order valence-electron chi connectivity index (χ1n) is 6.00. The van der Waals surface area contributed by atoms with Crippen LogP contribution in [0.2, 0.25) is 5.02 Å². The van der Waals surface area contributed by atoms with Crippen LogP contribution in [0.15, 0.2) is 18.2 Å². The fraction of sp³-hybridized carbons (Fsp3) is 0.538. The Bertz CT molecular complexity index is 361. The van der Waals surface area contributed by atoms with E-state index in [-0.39, 0.29) is 12.4 Å². The molecule has 0 radical (unpaired) electrons. The highest BCUT2D eigenvalue weighted by Crippen LogP contribution is 2.28. The van der Waals surface area contributed by atoms with Crippen LogP contribution >= 0.6 is 11.6 Å². The topological polar surface area (TPSA) is 23.5 Å². The predicted octanol–water partition coefficient (Wildman–Crippen LogP) is 2.83. The van der Waals surface area contributed by atoms with Gasteiger partial charge in [0.05, 0.1) is 6.61 Å². The Morgan fingerprint density at radius 2 is 2.18 bits per heavy atom. The van der Waals surface area contributed by atoms with Crippen molar-refractivity contribution in [1.29, 1.82) is 0 Å². The van der Waals surface area contributed by atoms with E-state index in [2.05, 4.69) is 4.90 Å². The van der Waals surface area contributed by atoms with E-state index in [0.29, 0.717) is 29.7 Å². The van der Waals surface area contributed by atoms with E-state index in [1.54, 1.807) is 12.1 Å². The second-order valence-corrected chi connectivity index (χ2v) is 4.89. The van der Waals surface area contributed by atoms with Gasteiger partial charge in [0.1, 0.15) is 5.82 Å². The smallest absolute Gasteiger partial charge is 0.129 e. The van der Waals surface area contributed by atoms with Gasteiger partial charge >= 0.3 is 0 Å². The average Bonchev–Trinajstić information content (AvgIpc) is 2.21. The molecule has 17 heavy (non-hydrogen) atoms. The maximum atomic E-state index is 13.7. The molecule has 0 saturated heterocycles. The molecular formula is C13H17ClFNO. The number of benzene rings is 1. The van der Waals surface area contributed by atoms with Crippen LogP contribution in [0.4, 0.5) is 4.39 Å². The highest BCUT2D eigenvalue weighted by molar-refractivity contribution is 6.31. The third-order valence-electron chi connectivity index (χ3n) is 3.40. The number of hydrogen-bond donors (Lipinski definition) is 1. The van der Waals surface area contributed by atoms with Crippen LogP contribution in [-0.4, -0.2) is 29.2 Å². The molecule has 2 nitrogen and oxygen atoms in total. The Balaban J connectivity index is 2.10. The van der Waals surface area contributed by atoms with Gasteiger partial charge in [-0.15, -0.1) is 0 Å². The molecule has 1 aliphatic rings. The molecule has 2 rings (SSSR count). The van der Waals surface area contributed by atoms with Crippen molar-refractivity contribution in [3.8, 4) is 0 Å². The zero-order valence-electron chi connectivity index (χ0n) is 9.70. The molecule has 0 aromatic heterocycles. The van der Waals surface area contributed by atoms with Crippen molar-refractivity contribution in [2.24, 2.45) is 0 Å². The van der Waals surface area contributed by atoms with E-state index in [0.717, 1.165) is 12.8 Å². The van der Waals surface area contributed by atoms with E-state index < -0.39 is 0 Å². The average molecular weight is 258 g/mol. The van der Waals surface area contributed by atoms with Gasteiger partial charge in [-0.25, -0.2) is 4.39 Å². The van der Waals surface area contributed by atoms with Crippen LogP contribution in [-0.2, 0) is 6.54 Å². The predicted molar refractivity (Wildman–Crippen MR) is 66.5 cm³/mol. The lowest BCUT2D eigenvalue weighted by Gasteiger charge is -2.37. The lowest BCUT2D eigenvalue weighted by atomic mass is 9.91. The van der Waals surface area contributed by atoms with Gasteiger partial charge in [0, 0.05) is 29.7 Å². The van der Waals surface area contributed by atoms with Gasteiger partial charge in [-0.05, 0) is 25.0 Å². The minimum atomic E-state index is -0.264. The van der Waals surface area contributed by atoms with Crippen molar-refractivity contribution in [1.82, 2.24) is 4.90 Å². The van der Waals surface area contributed by atoms with Gasteiger partial charge in [-0.2, -0.15) is 0 Å². The first-order valence-corrected chi connectivity index (χ1v) is 6.38. The summed E-state index contributed by atoms with van der Waals surface area (Å²) in [6.07, 6.45) is 3.48. The fourth-order valence-electron chi connectivity index (χ4n) is 2.16. The monoisotopic (exact) mass is 257 g/mol. The first-order chi connectivity index (χ1) is 8.22. The van der Waals surface area contributed by atoms with Crippen LogP contribution in [0, 0.1) is 5.82 Å². The second-order valence-electron chi connectivity index (χ2n) is 4.48. The molecule has 0 bridgehead atoms. The molecule has 1 fully saturated rings. The maximum Gasteiger partial charge on any atom is 0.129 e. The summed E-state index contributed by atoms with van der Waals surface area (Å²) in [6, 6.07) is 5.22. The van der Waals surface area contributed by atoms with Crippen LogP contribution < -0.4 is 0 Å². The summed E-state index contributed by atoms with van der Waals surface area (Å²) in [7, 11) is 0. The molecule has 0 spiro atoms. The molecule has 0 amide bonds. The second kappa shape index (κ2) is 5.80. The summed E-state index contributed by atoms with van der Waals surface area (Å²) in [6.45, 7) is 1.16. The van der Waals surface area contributed by atoms with E-state index in [4.69, 9.17) is 16.7 Å². The highest BCUT2D eigenvalue weighted by Gasteiger charge is 2.25. The van der Waals surface area contributed by atoms with Crippen molar-refractivity contribution < 1.29 is 9.50 Å². The quantitative estimate of drug-likeness (QED) is 0.877. The van der Waals surface area contributed by atoms with Crippen LogP contribution in [0.3, 0.4) is 0 Å². The largest absolute Gasteiger partial charge is 0.395 e. The zero-order chi connectivity index (χ0) is 12.3. The molecule has 0 heterocycles. The number of nitrogens with zero attached hydrogens (tertiary/aromatic N) is 1. The molecule has 0 unspecified atom stereocenters. The standard InChI is InChI=1S/C13H17ClFNO/c14-12-5-2-6-13(15)11(12)9-16(7-8-17)10-3-1-4-10/h2,5-6,10,17H,1,3-4,7-9H2. The molecule has 1 N–H and O–H groups in total. The van der Waals surface area contributed by atoms with E-state index in [1.807, 2.05) is 0 Å². The Morgan fingerprint density at radius 3 is 2.71 bits per heavy atom. The van der Waals surface area contributed by atoms with Crippen LogP contribution in [0.25, 0.3) is 0 Å². The van der Waals surface area contributed by atoms with Crippen molar-refractivity contribution in [2.45, 2.75) is 31.8 Å².